The number of nitrogens with zero attached hydrogens (tertiary/aromatic N) is 1. The summed E-state index contributed by atoms with van der Waals surface area (Å²) in [7, 11) is -3.65. The molecule has 1 unspecified atom stereocenters. The van der Waals surface area contributed by atoms with Crippen LogP contribution in [0.15, 0.2) is 47.4 Å². The molecule has 9 heteroatoms. The monoisotopic (exact) mass is 470 g/mol. The summed E-state index contributed by atoms with van der Waals surface area (Å²) < 4.78 is 27.9. The van der Waals surface area contributed by atoms with E-state index in [2.05, 4.69) is 10.6 Å². The van der Waals surface area contributed by atoms with Crippen LogP contribution in [-0.2, 0) is 26.8 Å². The molecule has 2 atom stereocenters. The van der Waals surface area contributed by atoms with Gasteiger partial charge in [-0.2, -0.15) is 4.31 Å². The minimum Gasteiger partial charge on any atom is -0.349 e. The van der Waals surface area contributed by atoms with Gasteiger partial charge >= 0.3 is 0 Å². The first-order valence-corrected chi connectivity index (χ1v) is 12.5. The lowest BCUT2D eigenvalue weighted by Gasteiger charge is -2.37. The van der Waals surface area contributed by atoms with Crippen LogP contribution in [0.3, 0.4) is 0 Å². The Kier molecular flexibility index (Phi) is 6.07. The number of nitrogens with two attached hydrogens (primary N) is 1. The summed E-state index contributed by atoms with van der Waals surface area (Å²) in [6.07, 6.45) is 1.31. The van der Waals surface area contributed by atoms with Gasteiger partial charge in [-0.15, -0.1) is 0 Å². The molecule has 4 rings (SSSR count). The molecule has 0 aromatic heterocycles. The topological polar surface area (TPSA) is 122 Å². The average Bonchev–Trinajstić information content (AvgIpc) is 3.12. The van der Waals surface area contributed by atoms with Crippen LogP contribution in [0.25, 0.3) is 0 Å². The van der Waals surface area contributed by atoms with Gasteiger partial charge in [0.25, 0.3) is 5.91 Å². The number of carbonyl (C=O) groups is 2. The number of rotatable bonds is 5. The Balaban J connectivity index is 1.41. The fourth-order valence-electron chi connectivity index (χ4n) is 4.47. The fourth-order valence-corrected chi connectivity index (χ4v) is 6.13. The summed E-state index contributed by atoms with van der Waals surface area (Å²) in [6.45, 7) is 5.93. The van der Waals surface area contributed by atoms with Crippen molar-refractivity contribution in [3.05, 3.63) is 59.2 Å². The molecule has 4 N–H and O–H groups in total. The summed E-state index contributed by atoms with van der Waals surface area (Å²) >= 11 is 0. The molecule has 0 bridgehead atoms. The highest BCUT2D eigenvalue weighted by molar-refractivity contribution is 7.89. The molecule has 2 aliphatic rings. The van der Waals surface area contributed by atoms with E-state index in [1.54, 1.807) is 42.5 Å². The second kappa shape index (κ2) is 8.55. The summed E-state index contributed by atoms with van der Waals surface area (Å²) in [5.41, 5.74) is 8.47. The second-order valence-corrected chi connectivity index (χ2v) is 11.4. The fraction of sp³-hybridized carbons (Fsp3) is 0.417. The standard InChI is InChI=1S/C24H30N4O4S/c1-15-12-19(26-23(30)16-4-9-21-17(13-16)14-22(29)27-21)10-11-28(15)33(31,32)20-7-5-18(6-8-20)24(2,3)25/h4-9,13,15,19H,10-12,14,25H2,1-3H3,(H,26,30)(H,27,29)/t15-,19?/m0/s1. The SMILES string of the molecule is C[C@H]1CC(NC(=O)c2ccc3c(c2)CC(=O)N3)CCN1S(=O)(=O)c1ccc(C(C)(C)N)cc1. The number of amides is 2. The first-order chi connectivity index (χ1) is 15.4. The number of fused-ring (bicyclic) bond motifs is 1. The smallest absolute Gasteiger partial charge is 0.251 e. The van der Waals surface area contributed by atoms with Gasteiger partial charge in [-0.05, 0) is 75.1 Å². The van der Waals surface area contributed by atoms with E-state index in [9.17, 15) is 18.0 Å². The predicted molar refractivity (Wildman–Crippen MR) is 126 cm³/mol. The Labute approximate surface area is 194 Å². The van der Waals surface area contributed by atoms with Gasteiger partial charge in [-0.25, -0.2) is 8.42 Å². The van der Waals surface area contributed by atoms with E-state index < -0.39 is 15.6 Å². The van der Waals surface area contributed by atoms with Crippen molar-refractivity contribution < 1.29 is 18.0 Å². The molecule has 1 saturated heterocycles. The molecule has 176 valence electrons. The van der Waals surface area contributed by atoms with Crippen LogP contribution in [0.2, 0.25) is 0 Å². The zero-order valence-corrected chi connectivity index (χ0v) is 19.9. The Morgan fingerprint density at radius 2 is 1.88 bits per heavy atom. The van der Waals surface area contributed by atoms with Crippen molar-refractivity contribution in [1.29, 1.82) is 0 Å². The van der Waals surface area contributed by atoms with Crippen molar-refractivity contribution in [2.75, 3.05) is 11.9 Å². The lowest BCUT2D eigenvalue weighted by Crippen LogP contribution is -2.50. The summed E-state index contributed by atoms with van der Waals surface area (Å²) in [5.74, 6) is -0.294. The van der Waals surface area contributed by atoms with E-state index >= 15 is 0 Å². The zero-order chi connectivity index (χ0) is 24.0. The molecular weight excluding hydrogens is 440 g/mol. The van der Waals surface area contributed by atoms with Gasteiger partial charge in [0.1, 0.15) is 0 Å². The van der Waals surface area contributed by atoms with Crippen molar-refractivity contribution in [2.24, 2.45) is 5.73 Å². The van der Waals surface area contributed by atoms with Crippen LogP contribution in [0.1, 0.15) is 55.1 Å². The van der Waals surface area contributed by atoms with Gasteiger partial charge in [0.2, 0.25) is 15.9 Å². The van der Waals surface area contributed by atoms with Crippen molar-refractivity contribution in [2.45, 2.75) is 62.6 Å². The van der Waals surface area contributed by atoms with E-state index in [0.717, 1.165) is 16.8 Å². The molecule has 1 fully saturated rings. The summed E-state index contributed by atoms with van der Waals surface area (Å²) in [6, 6.07) is 11.5. The predicted octanol–water partition coefficient (Wildman–Crippen LogP) is 2.35. The normalized spacial score (nSPS) is 21.4. The van der Waals surface area contributed by atoms with E-state index in [4.69, 9.17) is 5.73 Å². The number of sulfonamides is 1. The van der Waals surface area contributed by atoms with Crippen molar-refractivity contribution in [3.8, 4) is 0 Å². The number of benzene rings is 2. The highest BCUT2D eigenvalue weighted by atomic mass is 32.2. The highest BCUT2D eigenvalue weighted by Crippen LogP contribution is 2.28. The van der Waals surface area contributed by atoms with Crippen LogP contribution < -0.4 is 16.4 Å². The molecule has 8 nitrogen and oxygen atoms in total. The van der Waals surface area contributed by atoms with Gasteiger partial charge in [0.15, 0.2) is 0 Å². The molecule has 2 heterocycles. The lowest BCUT2D eigenvalue weighted by molar-refractivity contribution is -0.115. The van der Waals surface area contributed by atoms with E-state index in [-0.39, 0.29) is 35.2 Å². The Morgan fingerprint density at radius 3 is 2.52 bits per heavy atom. The maximum absolute atomic E-state index is 13.2. The van der Waals surface area contributed by atoms with Crippen molar-refractivity contribution in [3.63, 3.8) is 0 Å². The largest absolute Gasteiger partial charge is 0.349 e. The van der Waals surface area contributed by atoms with Gasteiger partial charge < -0.3 is 16.4 Å². The molecule has 2 aromatic carbocycles. The molecule has 2 amide bonds. The highest BCUT2D eigenvalue weighted by Gasteiger charge is 2.35. The minimum absolute atomic E-state index is 0.0775. The van der Waals surface area contributed by atoms with Crippen LogP contribution >= 0.6 is 0 Å². The second-order valence-electron chi connectivity index (χ2n) is 9.50. The number of anilines is 1. The Hall–Kier alpha value is -2.75. The number of hydrogen-bond donors (Lipinski definition) is 3. The van der Waals surface area contributed by atoms with Crippen LogP contribution in [0, 0.1) is 0 Å². The first kappa shape index (κ1) is 23.4. The molecular formula is C24H30N4O4S. The Bertz CT molecular complexity index is 1190. The molecule has 2 aliphatic heterocycles. The van der Waals surface area contributed by atoms with Crippen molar-refractivity contribution in [1.82, 2.24) is 9.62 Å². The third-order valence-corrected chi connectivity index (χ3v) is 8.38. The third-order valence-electron chi connectivity index (χ3n) is 6.35. The number of hydrogen-bond acceptors (Lipinski definition) is 5. The molecule has 0 aliphatic carbocycles. The minimum atomic E-state index is -3.65. The van der Waals surface area contributed by atoms with Crippen LogP contribution in [0.5, 0.6) is 0 Å². The summed E-state index contributed by atoms with van der Waals surface area (Å²) in [5, 5.41) is 5.78. The summed E-state index contributed by atoms with van der Waals surface area (Å²) in [4.78, 5) is 24.5. The number of nitrogens with one attached hydrogen (secondary N) is 2. The number of carbonyl (C=O) groups excluding carboxylic acids is 2. The van der Waals surface area contributed by atoms with Gasteiger partial charge in [-0.1, -0.05) is 12.1 Å². The third kappa shape index (κ3) is 4.80. The molecule has 33 heavy (non-hydrogen) atoms. The Morgan fingerprint density at radius 1 is 1.18 bits per heavy atom. The van der Waals surface area contributed by atoms with E-state index in [1.165, 1.54) is 4.31 Å². The van der Waals surface area contributed by atoms with Gasteiger partial charge in [-0.3, -0.25) is 9.59 Å². The first-order valence-electron chi connectivity index (χ1n) is 11.1. The lowest BCUT2D eigenvalue weighted by atomic mass is 9.96. The molecule has 2 aromatic rings. The molecule has 0 saturated carbocycles. The van der Waals surface area contributed by atoms with Gasteiger partial charge in [0, 0.05) is 35.4 Å². The van der Waals surface area contributed by atoms with E-state index in [1.807, 2.05) is 20.8 Å². The molecule has 0 radical (unpaired) electrons. The maximum atomic E-state index is 13.2. The van der Waals surface area contributed by atoms with Crippen LogP contribution in [0.4, 0.5) is 5.69 Å². The van der Waals surface area contributed by atoms with E-state index in [0.29, 0.717) is 24.9 Å². The maximum Gasteiger partial charge on any atom is 0.251 e. The van der Waals surface area contributed by atoms with Crippen LogP contribution in [-0.4, -0.2) is 43.2 Å². The quantitative estimate of drug-likeness (QED) is 0.619. The van der Waals surface area contributed by atoms with Gasteiger partial charge in [0.05, 0.1) is 11.3 Å². The van der Waals surface area contributed by atoms with Crippen molar-refractivity contribution >= 4 is 27.5 Å². The average molecular weight is 471 g/mol. The molecule has 0 spiro atoms. The zero-order valence-electron chi connectivity index (χ0n) is 19.1. The number of piperidine rings is 1.